The number of carbonyl (C=O) groups excluding carboxylic acids is 1. The number of rotatable bonds is 5. The molecule has 0 aliphatic carbocycles. The van der Waals surface area contributed by atoms with E-state index in [1.807, 2.05) is 4.90 Å². The van der Waals surface area contributed by atoms with Crippen molar-refractivity contribution in [3.05, 3.63) is 0 Å². The van der Waals surface area contributed by atoms with Gasteiger partial charge >= 0.3 is 6.03 Å². The summed E-state index contributed by atoms with van der Waals surface area (Å²) >= 11 is 0. The summed E-state index contributed by atoms with van der Waals surface area (Å²) < 4.78 is 0. The quantitative estimate of drug-likeness (QED) is 0.816. The Morgan fingerprint density at radius 2 is 1.87 bits per heavy atom. The Hall–Kier alpha value is -0.810. The van der Waals surface area contributed by atoms with Crippen LogP contribution in [0.3, 0.4) is 0 Å². The van der Waals surface area contributed by atoms with Gasteiger partial charge in [0.2, 0.25) is 0 Å². The maximum absolute atomic E-state index is 12.6. The summed E-state index contributed by atoms with van der Waals surface area (Å²) in [7, 11) is 0. The summed E-state index contributed by atoms with van der Waals surface area (Å²) in [5.74, 6) is 0. The summed E-state index contributed by atoms with van der Waals surface area (Å²) in [6.07, 6.45) is 3.92. The third-order valence-electron chi connectivity index (χ3n) is 5.29. The maximum Gasteiger partial charge on any atom is 0.317 e. The molecule has 2 N–H and O–H groups in total. The number of amides is 2. The SMILES string of the molecule is CC(O)CC(C)(C)CNC(=O)N1CCC2CCC(C1)N2C(C)C. The number of nitrogens with one attached hydrogen (secondary N) is 1. The zero-order chi connectivity index (χ0) is 17.2. The summed E-state index contributed by atoms with van der Waals surface area (Å²) in [4.78, 5) is 17.2. The van der Waals surface area contributed by atoms with Gasteiger partial charge in [-0.05, 0) is 51.9 Å². The van der Waals surface area contributed by atoms with E-state index in [1.165, 1.54) is 12.8 Å². The fraction of sp³-hybridized carbons (Fsp3) is 0.944. The molecule has 0 spiro atoms. The number of hydrogen-bond acceptors (Lipinski definition) is 3. The molecule has 2 amide bonds. The Labute approximate surface area is 141 Å². The number of aliphatic hydroxyl groups excluding tert-OH is 1. The average Bonchev–Trinajstić information content (AvgIpc) is 2.69. The van der Waals surface area contributed by atoms with Gasteiger partial charge in [-0.1, -0.05) is 13.8 Å². The van der Waals surface area contributed by atoms with Crippen LogP contribution < -0.4 is 5.32 Å². The first-order valence-electron chi connectivity index (χ1n) is 9.18. The Morgan fingerprint density at radius 1 is 1.22 bits per heavy atom. The van der Waals surface area contributed by atoms with Gasteiger partial charge in [-0.15, -0.1) is 0 Å². The van der Waals surface area contributed by atoms with E-state index in [4.69, 9.17) is 0 Å². The van der Waals surface area contributed by atoms with Gasteiger partial charge in [-0.25, -0.2) is 4.79 Å². The highest BCUT2D eigenvalue weighted by atomic mass is 16.3. The van der Waals surface area contributed by atoms with Gasteiger partial charge in [0, 0.05) is 37.8 Å². The van der Waals surface area contributed by atoms with Crippen LogP contribution >= 0.6 is 0 Å². The minimum absolute atomic E-state index is 0.0555. The topological polar surface area (TPSA) is 55.8 Å². The van der Waals surface area contributed by atoms with Crippen LogP contribution in [0.1, 0.15) is 60.3 Å². The Balaban J connectivity index is 1.89. The smallest absolute Gasteiger partial charge is 0.317 e. The molecule has 0 saturated carbocycles. The molecule has 0 aromatic heterocycles. The Bertz CT molecular complexity index is 409. The molecule has 5 heteroatoms. The maximum atomic E-state index is 12.6. The lowest BCUT2D eigenvalue weighted by molar-refractivity contribution is 0.125. The molecule has 2 heterocycles. The third-order valence-corrected chi connectivity index (χ3v) is 5.29. The molecule has 0 radical (unpaired) electrons. The highest BCUT2D eigenvalue weighted by Gasteiger charge is 2.39. The van der Waals surface area contributed by atoms with Gasteiger partial charge in [0.05, 0.1) is 6.10 Å². The molecule has 0 aromatic rings. The monoisotopic (exact) mass is 325 g/mol. The van der Waals surface area contributed by atoms with Crippen molar-refractivity contribution in [2.24, 2.45) is 5.41 Å². The molecule has 134 valence electrons. The van der Waals surface area contributed by atoms with E-state index in [0.29, 0.717) is 31.1 Å². The van der Waals surface area contributed by atoms with Gasteiger partial charge < -0.3 is 15.3 Å². The first-order valence-corrected chi connectivity index (χ1v) is 9.18. The summed E-state index contributed by atoms with van der Waals surface area (Å²) in [6, 6.07) is 1.77. The number of carbonyl (C=O) groups is 1. The Morgan fingerprint density at radius 3 is 2.48 bits per heavy atom. The molecule has 0 aromatic carbocycles. The highest BCUT2D eigenvalue weighted by Crippen LogP contribution is 2.32. The normalized spacial score (nSPS) is 27.2. The van der Waals surface area contributed by atoms with E-state index in [0.717, 1.165) is 19.5 Å². The number of hydrogen-bond donors (Lipinski definition) is 2. The number of nitrogens with zero attached hydrogens (tertiary/aromatic N) is 2. The zero-order valence-electron chi connectivity index (χ0n) is 15.5. The van der Waals surface area contributed by atoms with Gasteiger partial charge in [0.15, 0.2) is 0 Å². The average molecular weight is 325 g/mol. The lowest BCUT2D eigenvalue weighted by Gasteiger charge is -2.32. The second-order valence-electron chi connectivity index (χ2n) is 8.54. The molecule has 5 nitrogen and oxygen atoms in total. The van der Waals surface area contributed by atoms with Gasteiger partial charge in [-0.3, -0.25) is 4.90 Å². The molecular weight excluding hydrogens is 290 g/mol. The van der Waals surface area contributed by atoms with Crippen molar-refractivity contribution in [1.82, 2.24) is 15.1 Å². The van der Waals surface area contributed by atoms with Crippen molar-refractivity contribution in [2.75, 3.05) is 19.6 Å². The van der Waals surface area contributed by atoms with Crippen LogP contribution in [-0.2, 0) is 0 Å². The van der Waals surface area contributed by atoms with E-state index in [1.54, 1.807) is 6.92 Å². The van der Waals surface area contributed by atoms with Gasteiger partial charge in [0.1, 0.15) is 0 Å². The van der Waals surface area contributed by atoms with E-state index in [2.05, 4.69) is 37.9 Å². The molecule has 2 bridgehead atoms. The summed E-state index contributed by atoms with van der Waals surface area (Å²) in [5, 5.41) is 12.6. The molecule has 3 unspecified atom stereocenters. The second kappa shape index (κ2) is 7.39. The van der Waals surface area contributed by atoms with Crippen LogP contribution in [0.15, 0.2) is 0 Å². The number of aliphatic hydroxyl groups is 1. The molecule has 2 saturated heterocycles. The largest absolute Gasteiger partial charge is 0.393 e. The van der Waals surface area contributed by atoms with Gasteiger partial charge in [-0.2, -0.15) is 0 Å². The first kappa shape index (κ1) is 18.5. The molecule has 2 aliphatic rings. The second-order valence-corrected chi connectivity index (χ2v) is 8.54. The van der Waals surface area contributed by atoms with E-state index >= 15 is 0 Å². The fourth-order valence-electron chi connectivity index (χ4n) is 4.44. The number of likely N-dealkylation sites (tertiary alicyclic amines) is 1. The van der Waals surface area contributed by atoms with Crippen LogP contribution in [0.5, 0.6) is 0 Å². The minimum atomic E-state index is -0.338. The highest BCUT2D eigenvalue weighted by molar-refractivity contribution is 5.74. The van der Waals surface area contributed by atoms with E-state index in [-0.39, 0.29) is 17.6 Å². The van der Waals surface area contributed by atoms with Crippen LogP contribution in [0.4, 0.5) is 4.79 Å². The van der Waals surface area contributed by atoms with Crippen molar-refractivity contribution in [3.63, 3.8) is 0 Å². The van der Waals surface area contributed by atoms with Crippen LogP contribution in [-0.4, -0.2) is 64.8 Å². The van der Waals surface area contributed by atoms with Crippen molar-refractivity contribution < 1.29 is 9.90 Å². The fourth-order valence-corrected chi connectivity index (χ4v) is 4.44. The standard InChI is InChI=1S/C18H35N3O2/c1-13(2)21-15-6-7-16(21)11-20(9-8-15)17(23)19-12-18(4,5)10-14(3)22/h13-16,22H,6-12H2,1-5H3,(H,19,23). The molecule has 2 aliphatic heterocycles. The van der Waals surface area contributed by atoms with Crippen LogP contribution in [0.2, 0.25) is 0 Å². The minimum Gasteiger partial charge on any atom is -0.393 e. The lowest BCUT2D eigenvalue weighted by Crippen LogP contribution is -2.48. The predicted molar refractivity (Wildman–Crippen MR) is 93.5 cm³/mol. The molecule has 2 rings (SSSR count). The summed E-state index contributed by atoms with van der Waals surface area (Å²) in [6.45, 7) is 12.8. The number of urea groups is 1. The third kappa shape index (κ3) is 4.83. The van der Waals surface area contributed by atoms with E-state index in [9.17, 15) is 9.90 Å². The van der Waals surface area contributed by atoms with Gasteiger partial charge in [0.25, 0.3) is 0 Å². The van der Waals surface area contributed by atoms with Crippen molar-refractivity contribution in [2.45, 2.75) is 84.5 Å². The van der Waals surface area contributed by atoms with Crippen molar-refractivity contribution in [3.8, 4) is 0 Å². The Kier molecular flexibility index (Phi) is 5.95. The van der Waals surface area contributed by atoms with Crippen molar-refractivity contribution in [1.29, 1.82) is 0 Å². The predicted octanol–water partition coefficient (Wildman–Crippen LogP) is 2.44. The van der Waals surface area contributed by atoms with Crippen LogP contribution in [0.25, 0.3) is 0 Å². The zero-order valence-corrected chi connectivity index (χ0v) is 15.5. The van der Waals surface area contributed by atoms with E-state index < -0.39 is 0 Å². The lowest BCUT2D eigenvalue weighted by atomic mass is 9.87. The first-order chi connectivity index (χ1) is 10.7. The van der Waals surface area contributed by atoms with Crippen molar-refractivity contribution >= 4 is 6.03 Å². The molecule has 23 heavy (non-hydrogen) atoms. The molecular formula is C18H35N3O2. The molecule has 3 atom stereocenters. The number of fused-ring (bicyclic) bond motifs is 2. The summed E-state index contributed by atoms with van der Waals surface area (Å²) in [5.41, 5.74) is -0.0847. The van der Waals surface area contributed by atoms with Crippen LogP contribution in [0, 0.1) is 5.41 Å². The molecule has 2 fully saturated rings.